The van der Waals surface area contributed by atoms with Gasteiger partial charge in [-0.15, -0.1) is 0 Å². The molecule has 1 aromatic rings. The summed E-state index contributed by atoms with van der Waals surface area (Å²) in [5.74, 6) is -0.389. The topological polar surface area (TPSA) is 114 Å². The maximum Gasteiger partial charge on any atom is 0.328 e. The molecule has 1 spiro atoms. The number of carbonyl (C=O) groups is 3. The van der Waals surface area contributed by atoms with E-state index in [1.54, 1.807) is 6.20 Å². The van der Waals surface area contributed by atoms with Crippen LogP contribution in [0.15, 0.2) is 16.4 Å². The third kappa shape index (κ3) is 1.87. The minimum Gasteiger partial charge on any atom is -0.377 e. The first-order valence-corrected chi connectivity index (χ1v) is 8.26. The lowest BCUT2D eigenvalue weighted by molar-refractivity contribution is -0.160. The maximum absolute atomic E-state index is 12.8. The van der Waals surface area contributed by atoms with Crippen LogP contribution in [-0.4, -0.2) is 53.7 Å². The Morgan fingerprint density at radius 2 is 2.04 bits per heavy atom. The van der Waals surface area contributed by atoms with Gasteiger partial charge in [0, 0.05) is 29.8 Å². The number of imide groups is 2. The SMILES string of the molecule is O=C1NC(=O)C2(CC3Cc4cnoc4C=C3N3CCOCC32)C(=O)N1. The average Bonchev–Trinajstić information content (AvgIpc) is 3.05. The van der Waals surface area contributed by atoms with E-state index in [1.165, 1.54) is 0 Å². The van der Waals surface area contributed by atoms with E-state index in [0.29, 0.717) is 26.0 Å². The smallest absolute Gasteiger partial charge is 0.328 e. The predicted octanol–water partition coefficient (Wildman–Crippen LogP) is -0.355. The van der Waals surface area contributed by atoms with Gasteiger partial charge in [0.2, 0.25) is 11.8 Å². The number of ether oxygens (including phenoxy) is 1. The van der Waals surface area contributed by atoms with Crippen molar-refractivity contribution < 1.29 is 23.6 Å². The highest BCUT2D eigenvalue weighted by Gasteiger charge is 2.62. The molecule has 9 nitrogen and oxygen atoms in total. The third-order valence-electron chi connectivity index (χ3n) is 5.70. The van der Waals surface area contributed by atoms with Crippen molar-refractivity contribution in [2.24, 2.45) is 11.3 Å². The molecule has 4 aliphatic rings. The molecule has 3 fully saturated rings. The van der Waals surface area contributed by atoms with E-state index in [-0.39, 0.29) is 12.5 Å². The lowest BCUT2D eigenvalue weighted by Gasteiger charge is -2.55. The van der Waals surface area contributed by atoms with E-state index in [9.17, 15) is 14.4 Å². The van der Waals surface area contributed by atoms with Gasteiger partial charge in [0.05, 0.1) is 25.5 Å². The number of allylic oxidation sites excluding steroid dienone is 1. The number of barbiturate groups is 1. The molecule has 0 saturated carbocycles. The summed E-state index contributed by atoms with van der Waals surface area (Å²) in [7, 11) is 0. The average molecular weight is 344 g/mol. The van der Waals surface area contributed by atoms with E-state index < -0.39 is 29.3 Å². The summed E-state index contributed by atoms with van der Waals surface area (Å²) in [6.45, 7) is 1.34. The Kier molecular flexibility index (Phi) is 2.88. The Morgan fingerprint density at radius 3 is 2.84 bits per heavy atom. The molecule has 1 aliphatic carbocycles. The van der Waals surface area contributed by atoms with E-state index in [0.717, 1.165) is 17.0 Å². The summed E-state index contributed by atoms with van der Waals surface area (Å²) in [5.41, 5.74) is 0.661. The molecule has 4 amide bonds. The quantitative estimate of drug-likeness (QED) is 0.618. The van der Waals surface area contributed by atoms with Crippen molar-refractivity contribution in [2.75, 3.05) is 19.8 Å². The fraction of sp³-hybridized carbons (Fsp3) is 0.500. The van der Waals surface area contributed by atoms with Gasteiger partial charge >= 0.3 is 6.03 Å². The van der Waals surface area contributed by atoms with Crippen molar-refractivity contribution in [1.82, 2.24) is 20.7 Å². The number of amides is 4. The second kappa shape index (κ2) is 4.92. The number of rotatable bonds is 0. The van der Waals surface area contributed by atoms with Gasteiger partial charge in [-0.2, -0.15) is 0 Å². The monoisotopic (exact) mass is 344 g/mol. The number of carbonyl (C=O) groups excluding carboxylic acids is 3. The second-order valence-corrected chi connectivity index (χ2v) is 6.88. The molecule has 2 unspecified atom stereocenters. The van der Waals surface area contributed by atoms with Crippen LogP contribution in [0.1, 0.15) is 17.7 Å². The van der Waals surface area contributed by atoms with Gasteiger partial charge < -0.3 is 14.2 Å². The molecule has 3 saturated heterocycles. The van der Waals surface area contributed by atoms with E-state index in [4.69, 9.17) is 9.26 Å². The first-order chi connectivity index (χ1) is 12.1. The molecule has 1 aromatic heterocycles. The number of piperidine rings is 1. The minimum atomic E-state index is -1.34. The van der Waals surface area contributed by atoms with Gasteiger partial charge in [-0.25, -0.2) is 4.79 Å². The second-order valence-electron chi connectivity index (χ2n) is 6.88. The summed E-state index contributed by atoms with van der Waals surface area (Å²) in [6.07, 6.45) is 4.58. The zero-order chi connectivity index (χ0) is 17.2. The maximum atomic E-state index is 12.8. The van der Waals surface area contributed by atoms with Crippen LogP contribution in [-0.2, 0) is 20.7 Å². The number of hydrogen-bond donors (Lipinski definition) is 2. The van der Waals surface area contributed by atoms with Gasteiger partial charge in [-0.3, -0.25) is 20.2 Å². The van der Waals surface area contributed by atoms with Crippen LogP contribution in [0.5, 0.6) is 0 Å². The van der Waals surface area contributed by atoms with Crippen LogP contribution in [0.2, 0.25) is 0 Å². The fourth-order valence-electron chi connectivity index (χ4n) is 4.56. The lowest BCUT2D eigenvalue weighted by atomic mass is 9.64. The molecule has 25 heavy (non-hydrogen) atoms. The highest BCUT2D eigenvalue weighted by Crippen LogP contribution is 2.49. The molecule has 0 bridgehead atoms. The number of morpholine rings is 1. The summed E-state index contributed by atoms with van der Waals surface area (Å²) in [6, 6.07) is -1.23. The van der Waals surface area contributed by atoms with Gasteiger partial charge in [-0.1, -0.05) is 5.16 Å². The van der Waals surface area contributed by atoms with Gasteiger partial charge in [-0.05, 0) is 12.8 Å². The van der Waals surface area contributed by atoms with E-state index >= 15 is 0 Å². The van der Waals surface area contributed by atoms with Crippen molar-refractivity contribution in [3.8, 4) is 0 Å². The van der Waals surface area contributed by atoms with Gasteiger partial charge in [0.15, 0.2) is 11.2 Å². The summed E-state index contributed by atoms with van der Waals surface area (Å²) < 4.78 is 10.9. The molecule has 9 heteroatoms. The van der Waals surface area contributed by atoms with E-state index in [1.807, 2.05) is 6.08 Å². The molecular weight excluding hydrogens is 328 g/mol. The number of hydrogen-bond acceptors (Lipinski definition) is 7. The fourth-order valence-corrected chi connectivity index (χ4v) is 4.56. The first kappa shape index (κ1) is 14.6. The molecule has 2 N–H and O–H groups in total. The molecule has 3 aliphatic heterocycles. The Hall–Kier alpha value is -2.68. The summed E-state index contributed by atoms with van der Waals surface area (Å²) in [4.78, 5) is 39.2. The molecule has 2 atom stereocenters. The Labute approximate surface area is 142 Å². The summed E-state index contributed by atoms with van der Waals surface area (Å²) in [5, 5.41) is 8.38. The van der Waals surface area contributed by atoms with E-state index in [2.05, 4.69) is 20.7 Å². The summed E-state index contributed by atoms with van der Waals surface area (Å²) >= 11 is 0. The molecule has 130 valence electrons. The molecular formula is C16H16N4O5. The van der Waals surface area contributed by atoms with Crippen LogP contribution >= 0.6 is 0 Å². The largest absolute Gasteiger partial charge is 0.377 e. The zero-order valence-corrected chi connectivity index (χ0v) is 13.3. The Morgan fingerprint density at radius 1 is 1.24 bits per heavy atom. The van der Waals surface area contributed by atoms with Gasteiger partial charge in [0.1, 0.15) is 0 Å². The first-order valence-electron chi connectivity index (χ1n) is 8.26. The highest BCUT2D eigenvalue weighted by molar-refractivity contribution is 6.19. The van der Waals surface area contributed by atoms with Crippen molar-refractivity contribution in [3.63, 3.8) is 0 Å². The lowest BCUT2D eigenvalue weighted by Crippen LogP contribution is -2.73. The number of nitrogens with one attached hydrogen (secondary N) is 2. The Bertz CT molecular complexity index is 808. The van der Waals surface area contributed by atoms with Crippen LogP contribution in [0.3, 0.4) is 0 Å². The molecule has 5 rings (SSSR count). The van der Waals surface area contributed by atoms with Crippen molar-refractivity contribution in [3.05, 3.63) is 23.2 Å². The number of nitrogens with zero attached hydrogens (tertiary/aromatic N) is 2. The predicted molar refractivity (Wildman–Crippen MR) is 81.7 cm³/mol. The molecule has 4 heterocycles. The molecule has 0 aromatic carbocycles. The van der Waals surface area contributed by atoms with Crippen LogP contribution in [0, 0.1) is 11.3 Å². The Balaban J connectivity index is 1.63. The van der Waals surface area contributed by atoms with Crippen LogP contribution in [0.25, 0.3) is 6.08 Å². The standard InChI is InChI=1S/C16H16N4O5/c21-13-16(14(22)19-15(23)18-13)5-8-3-9-6-17-25-11(9)4-10(8)20-1-2-24-7-12(16)20/h4,6,8,12H,1-3,5,7H2,(H2,18,19,21,22,23). The zero-order valence-electron chi connectivity index (χ0n) is 13.3. The minimum absolute atomic E-state index is 0.0223. The van der Waals surface area contributed by atoms with Crippen molar-refractivity contribution in [1.29, 1.82) is 0 Å². The third-order valence-corrected chi connectivity index (χ3v) is 5.70. The van der Waals surface area contributed by atoms with Crippen molar-refractivity contribution >= 4 is 23.9 Å². The number of aromatic nitrogens is 1. The van der Waals surface area contributed by atoms with Crippen molar-refractivity contribution in [2.45, 2.75) is 18.9 Å². The van der Waals surface area contributed by atoms with Gasteiger partial charge in [0.25, 0.3) is 0 Å². The molecule has 0 radical (unpaired) electrons. The normalized spacial score (nSPS) is 30.0. The number of fused-ring (bicyclic) bond motifs is 5. The highest BCUT2D eigenvalue weighted by atomic mass is 16.5. The van der Waals surface area contributed by atoms with Crippen LogP contribution in [0.4, 0.5) is 4.79 Å². The number of urea groups is 1. The van der Waals surface area contributed by atoms with Crippen LogP contribution < -0.4 is 10.6 Å².